The van der Waals surface area contributed by atoms with Crippen molar-refractivity contribution in [2.24, 2.45) is 0 Å². The highest BCUT2D eigenvalue weighted by molar-refractivity contribution is 5.54. The number of ether oxygens (including phenoxy) is 1. The summed E-state index contributed by atoms with van der Waals surface area (Å²) in [5.74, 6) is 0.897. The van der Waals surface area contributed by atoms with Crippen LogP contribution < -0.4 is 15.0 Å². The third-order valence-corrected chi connectivity index (χ3v) is 3.63. The van der Waals surface area contributed by atoms with E-state index in [1.54, 1.807) is 7.11 Å². The summed E-state index contributed by atoms with van der Waals surface area (Å²) in [6, 6.07) is 14.9. The Kier molecular flexibility index (Phi) is 5.23. The Balaban J connectivity index is 2.10. The van der Waals surface area contributed by atoms with E-state index in [1.165, 1.54) is 22.4 Å². The number of anilines is 1. The number of aryl methyl sites for hydroxylation is 1. The van der Waals surface area contributed by atoms with E-state index in [4.69, 9.17) is 4.74 Å². The average molecular weight is 284 g/mol. The summed E-state index contributed by atoms with van der Waals surface area (Å²) in [6.45, 7) is 3.96. The fraction of sp³-hybridized carbons (Fsp3) is 0.333. The molecule has 0 aliphatic rings. The van der Waals surface area contributed by atoms with Crippen molar-refractivity contribution in [2.75, 3.05) is 26.1 Å². The Morgan fingerprint density at radius 1 is 1.05 bits per heavy atom. The first-order valence-electron chi connectivity index (χ1n) is 7.22. The summed E-state index contributed by atoms with van der Waals surface area (Å²) in [5, 5.41) is 3.19. The van der Waals surface area contributed by atoms with Gasteiger partial charge in [-0.15, -0.1) is 0 Å². The van der Waals surface area contributed by atoms with Crippen LogP contribution in [0.3, 0.4) is 0 Å². The van der Waals surface area contributed by atoms with Gasteiger partial charge in [0.2, 0.25) is 0 Å². The normalized spacial score (nSPS) is 10.5. The van der Waals surface area contributed by atoms with Gasteiger partial charge in [0, 0.05) is 25.8 Å². The lowest BCUT2D eigenvalue weighted by Gasteiger charge is -2.22. The van der Waals surface area contributed by atoms with Gasteiger partial charge in [0.05, 0.1) is 7.11 Å². The van der Waals surface area contributed by atoms with Gasteiger partial charge in [0.25, 0.3) is 0 Å². The van der Waals surface area contributed by atoms with Crippen molar-refractivity contribution >= 4 is 5.69 Å². The van der Waals surface area contributed by atoms with Crippen molar-refractivity contribution in [1.82, 2.24) is 5.32 Å². The first kappa shape index (κ1) is 15.4. The van der Waals surface area contributed by atoms with Gasteiger partial charge in [0.1, 0.15) is 5.75 Å². The lowest BCUT2D eigenvalue weighted by molar-refractivity contribution is 0.414. The molecule has 3 nitrogen and oxygen atoms in total. The Morgan fingerprint density at radius 2 is 1.71 bits per heavy atom. The van der Waals surface area contributed by atoms with Gasteiger partial charge in [-0.2, -0.15) is 0 Å². The third kappa shape index (κ3) is 3.99. The summed E-state index contributed by atoms with van der Waals surface area (Å²) in [6.07, 6.45) is 0. The molecule has 0 spiro atoms. The molecule has 3 heteroatoms. The van der Waals surface area contributed by atoms with Crippen molar-refractivity contribution in [1.29, 1.82) is 0 Å². The van der Waals surface area contributed by atoms with Crippen LogP contribution in [0.5, 0.6) is 5.75 Å². The standard InChI is InChI=1S/C18H24N2O/c1-14-11-16(12-19-2)7-10-18(14)20(3)13-15-5-8-17(21-4)9-6-15/h5-11,19H,12-13H2,1-4H3. The van der Waals surface area contributed by atoms with Crippen molar-refractivity contribution in [3.8, 4) is 5.75 Å². The highest BCUT2D eigenvalue weighted by Crippen LogP contribution is 2.22. The highest BCUT2D eigenvalue weighted by atomic mass is 16.5. The van der Waals surface area contributed by atoms with Gasteiger partial charge >= 0.3 is 0 Å². The van der Waals surface area contributed by atoms with E-state index in [1.807, 2.05) is 19.2 Å². The Labute approximate surface area is 127 Å². The van der Waals surface area contributed by atoms with E-state index in [0.29, 0.717) is 0 Å². The number of hydrogen-bond donors (Lipinski definition) is 1. The first-order valence-corrected chi connectivity index (χ1v) is 7.22. The highest BCUT2D eigenvalue weighted by Gasteiger charge is 2.06. The monoisotopic (exact) mass is 284 g/mol. The number of nitrogens with one attached hydrogen (secondary N) is 1. The van der Waals surface area contributed by atoms with Crippen LogP contribution in [0.15, 0.2) is 42.5 Å². The van der Waals surface area contributed by atoms with Gasteiger partial charge in [-0.25, -0.2) is 0 Å². The zero-order chi connectivity index (χ0) is 15.2. The topological polar surface area (TPSA) is 24.5 Å². The molecule has 0 aliphatic heterocycles. The molecule has 0 radical (unpaired) electrons. The maximum Gasteiger partial charge on any atom is 0.118 e. The molecular formula is C18H24N2O. The molecule has 0 saturated heterocycles. The van der Waals surface area contributed by atoms with Crippen LogP contribution in [-0.4, -0.2) is 21.2 Å². The van der Waals surface area contributed by atoms with Crippen LogP contribution in [0.25, 0.3) is 0 Å². The third-order valence-electron chi connectivity index (χ3n) is 3.63. The molecule has 1 N–H and O–H groups in total. The van der Waals surface area contributed by atoms with Crippen LogP contribution in [-0.2, 0) is 13.1 Å². The quantitative estimate of drug-likeness (QED) is 0.880. The zero-order valence-corrected chi connectivity index (χ0v) is 13.3. The Hall–Kier alpha value is -2.00. The smallest absolute Gasteiger partial charge is 0.118 e. The molecule has 0 atom stereocenters. The molecule has 2 aromatic rings. The Morgan fingerprint density at radius 3 is 2.29 bits per heavy atom. The van der Waals surface area contributed by atoms with Gasteiger partial charge in [-0.3, -0.25) is 0 Å². The molecule has 0 saturated carbocycles. The lowest BCUT2D eigenvalue weighted by Crippen LogP contribution is -2.17. The molecular weight excluding hydrogens is 260 g/mol. The van der Waals surface area contributed by atoms with E-state index in [2.05, 4.69) is 54.5 Å². The van der Waals surface area contributed by atoms with Gasteiger partial charge in [-0.1, -0.05) is 24.3 Å². The van der Waals surface area contributed by atoms with Gasteiger partial charge < -0.3 is 15.0 Å². The molecule has 0 aromatic heterocycles. The first-order chi connectivity index (χ1) is 10.1. The average Bonchev–Trinajstić information content (AvgIpc) is 2.48. The van der Waals surface area contributed by atoms with E-state index in [-0.39, 0.29) is 0 Å². The summed E-state index contributed by atoms with van der Waals surface area (Å²) < 4.78 is 5.19. The van der Waals surface area contributed by atoms with E-state index >= 15 is 0 Å². The number of methoxy groups -OCH3 is 1. The van der Waals surface area contributed by atoms with Crippen molar-refractivity contribution in [3.05, 3.63) is 59.2 Å². The second kappa shape index (κ2) is 7.14. The molecule has 21 heavy (non-hydrogen) atoms. The molecule has 0 amide bonds. The van der Waals surface area contributed by atoms with E-state index in [0.717, 1.165) is 18.8 Å². The molecule has 0 unspecified atom stereocenters. The second-order valence-electron chi connectivity index (χ2n) is 5.36. The van der Waals surface area contributed by atoms with E-state index in [9.17, 15) is 0 Å². The van der Waals surface area contributed by atoms with Crippen LogP contribution >= 0.6 is 0 Å². The number of rotatable bonds is 6. The molecule has 0 heterocycles. The fourth-order valence-electron chi connectivity index (χ4n) is 2.55. The predicted molar refractivity (Wildman–Crippen MR) is 89.0 cm³/mol. The van der Waals surface area contributed by atoms with Gasteiger partial charge in [0.15, 0.2) is 0 Å². The molecule has 0 aliphatic carbocycles. The minimum atomic E-state index is 0.885. The summed E-state index contributed by atoms with van der Waals surface area (Å²) in [5.41, 5.74) is 5.16. The predicted octanol–water partition coefficient (Wildman–Crippen LogP) is 3.36. The minimum Gasteiger partial charge on any atom is -0.497 e. The fourth-order valence-corrected chi connectivity index (χ4v) is 2.55. The van der Waals surface area contributed by atoms with Crippen LogP contribution in [0.4, 0.5) is 5.69 Å². The number of benzene rings is 2. The van der Waals surface area contributed by atoms with Crippen LogP contribution in [0.1, 0.15) is 16.7 Å². The molecule has 0 fully saturated rings. The maximum absolute atomic E-state index is 5.19. The number of nitrogens with zero attached hydrogens (tertiary/aromatic N) is 1. The number of hydrogen-bond acceptors (Lipinski definition) is 3. The van der Waals surface area contributed by atoms with Crippen molar-refractivity contribution in [3.63, 3.8) is 0 Å². The molecule has 2 rings (SSSR count). The summed E-state index contributed by atoms with van der Waals surface area (Å²) in [4.78, 5) is 2.28. The largest absolute Gasteiger partial charge is 0.497 e. The van der Waals surface area contributed by atoms with Gasteiger partial charge in [-0.05, 0) is 48.9 Å². The van der Waals surface area contributed by atoms with Crippen LogP contribution in [0, 0.1) is 6.92 Å². The van der Waals surface area contributed by atoms with E-state index < -0.39 is 0 Å². The molecule has 0 bridgehead atoms. The van der Waals surface area contributed by atoms with Crippen molar-refractivity contribution < 1.29 is 4.74 Å². The molecule has 2 aromatic carbocycles. The summed E-state index contributed by atoms with van der Waals surface area (Å²) >= 11 is 0. The Bertz CT molecular complexity index is 578. The second-order valence-corrected chi connectivity index (χ2v) is 5.36. The van der Waals surface area contributed by atoms with Crippen LogP contribution in [0.2, 0.25) is 0 Å². The zero-order valence-electron chi connectivity index (χ0n) is 13.3. The minimum absolute atomic E-state index is 0.885. The SMILES string of the molecule is CNCc1ccc(N(C)Cc2ccc(OC)cc2)c(C)c1. The maximum atomic E-state index is 5.19. The summed E-state index contributed by atoms with van der Waals surface area (Å²) in [7, 11) is 5.79. The van der Waals surface area contributed by atoms with Crippen molar-refractivity contribution in [2.45, 2.75) is 20.0 Å². The lowest BCUT2D eigenvalue weighted by atomic mass is 10.1. The molecule has 112 valence electrons.